The number of benzene rings is 2. The van der Waals surface area contributed by atoms with Crippen LogP contribution >= 0.6 is 24.0 Å². The van der Waals surface area contributed by atoms with Gasteiger partial charge in [0.25, 0.3) is 5.91 Å². The number of hydrogen-bond acceptors (Lipinski definition) is 3. The molecule has 2 aromatic carbocycles. The fourth-order valence-corrected chi connectivity index (χ4v) is 2.37. The summed E-state index contributed by atoms with van der Waals surface area (Å²) in [6.07, 6.45) is 0. The van der Waals surface area contributed by atoms with Crippen molar-refractivity contribution in [1.29, 1.82) is 0 Å². The lowest BCUT2D eigenvalue weighted by Gasteiger charge is -2.16. The van der Waals surface area contributed by atoms with Crippen molar-refractivity contribution in [2.75, 3.05) is 11.9 Å². The third kappa shape index (κ3) is 6.33. The van der Waals surface area contributed by atoms with Gasteiger partial charge in [0.1, 0.15) is 6.04 Å². The van der Waals surface area contributed by atoms with Gasteiger partial charge in [-0.2, -0.15) is 0 Å². The lowest BCUT2D eigenvalue weighted by molar-refractivity contribution is -0.117. The quantitative estimate of drug-likeness (QED) is 0.670. The zero-order valence-electron chi connectivity index (χ0n) is 14.7. The topological polar surface area (TPSA) is 70.2 Å². The molecule has 1 unspecified atom stereocenters. The van der Waals surface area contributed by atoms with Gasteiger partial charge in [0, 0.05) is 22.8 Å². The molecular weight excluding hydrogens is 373 g/mol. The molecule has 0 radical (unpaired) electrons. The molecule has 140 valence electrons. The average Bonchev–Trinajstić information content (AvgIpc) is 2.61. The number of para-hydroxylation sites is 1. The fraction of sp³-hybridized carbons (Fsp3) is 0.263. The smallest absolute Gasteiger partial charge is 0.251 e. The molecule has 0 bridgehead atoms. The second-order valence-corrected chi connectivity index (χ2v) is 6.07. The number of hydrogen-bond donors (Lipinski definition) is 3. The predicted molar refractivity (Wildman–Crippen MR) is 108 cm³/mol. The number of nitrogens with one attached hydrogen (secondary N) is 3. The van der Waals surface area contributed by atoms with E-state index < -0.39 is 6.04 Å². The first-order valence-electron chi connectivity index (χ1n) is 8.17. The summed E-state index contributed by atoms with van der Waals surface area (Å²) < 4.78 is 0. The second-order valence-electron chi connectivity index (χ2n) is 5.63. The number of carbonyl (C=O) groups is 2. The van der Waals surface area contributed by atoms with Crippen LogP contribution in [0.3, 0.4) is 0 Å². The molecule has 0 saturated carbocycles. The van der Waals surface area contributed by atoms with Gasteiger partial charge in [0.2, 0.25) is 5.91 Å². The molecule has 2 amide bonds. The van der Waals surface area contributed by atoms with Gasteiger partial charge in [0.05, 0.1) is 0 Å². The lowest BCUT2D eigenvalue weighted by atomic mass is 10.1. The van der Waals surface area contributed by atoms with Gasteiger partial charge in [-0.1, -0.05) is 36.7 Å². The molecule has 1 atom stereocenters. The van der Waals surface area contributed by atoms with Gasteiger partial charge in [-0.05, 0) is 49.4 Å². The molecule has 7 heteroatoms. The van der Waals surface area contributed by atoms with E-state index in [0.29, 0.717) is 17.1 Å². The zero-order chi connectivity index (χ0) is 18.2. The Morgan fingerprint density at radius 3 is 2.38 bits per heavy atom. The Bertz CT molecular complexity index is 736. The van der Waals surface area contributed by atoms with E-state index in [9.17, 15) is 9.59 Å². The van der Waals surface area contributed by atoms with Crippen LogP contribution in [0.2, 0.25) is 5.02 Å². The highest BCUT2D eigenvalue weighted by molar-refractivity contribution is 6.30. The SMILES string of the molecule is CCNCc1ccccc1NC(=O)C(C)NC(=O)c1ccc(Cl)cc1.Cl. The van der Waals surface area contributed by atoms with E-state index in [2.05, 4.69) is 16.0 Å². The van der Waals surface area contributed by atoms with Gasteiger partial charge in [-0.15, -0.1) is 12.4 Å². The normalized spacial score (nSPS) is 11.2. The highest BCUT2D eigenvalue weighted by Gasteiger charge is 2.17. The Morgan fingerprint density at radius 1 is 1.08 bits per heavy atom. The van der Waals surface area contributed by atoms with Gasteiger partial charge in [-0.3, -0.25) is 9.59 Å². The monoisotopic (exact) mass is 395 g/mol. The Kier molecular flexibility index (Phi) is 9.13. The Hall–Kier alpha value is -2.08. The number of halogens is 2. The van der Waals surface area contributed by atoms with Crippen LogP contribution in [-0.2, 0) is 11.3 Å². The van der Waals surface area contributed by atoms with Crippen LogP contribution in [0.15, 0.2) is 48.5 Å². The van der Waals surface area contributed by atoms with E-state index in [1.54, 1.807) is 31.2 Å². The third-order valence-electron chi connectivity index (χ3n) is 3.69. The molecule has 0 spiro atoms. The third-order valence-corrected chi connectivity index (χ3v) is 3.94. The number of anilines is 1. The number of rotatable bonds is 7. The Balaban J connectivity index is 0.00000338. The van der Waals surface area contributed by atoms with Crippen LogP contribution in [0.5, 0.6) is 0 Å². The molecule has 3 N–H and O–H groups in total. The van der Waals surface area contributed by atoms with Crippen molar-refractivity contribution in [2.45, 2.75) is 26.4 Å². The summed E-state index contributed by atoms with van der Waals surface area (Å²) >= 11 is 5.81. The maximum absolute atomic E-state index is 12.4. The highest BCUT2D eigenvalue weighted by atomic mass is 35.5. The van der Waals surface area contributed by atoms with Crippen LogP contribution in [-0.4, -0.2) is 24.4 Å². The number of carbonyl (C=O) groups excluding carboxylic acids is 2. The van der Waals surface area contributed by atoms with Crippen LogP contribution in [0.25, 0.3) is 0 Å². The molecule has 0 fully saturated rings. The minimum Gasteiger partial charge on any atom is -0.341 e. The molecule has 0 heterocycles. The fourth-order valence-electron chi connectivity index (χ4n) is 2.24. The summed E-state index contributed by atoms with van der Waals surface area (Å²) in [5.74, 6) is -0.591. The van der Waals surface area contributed by atoms with Crippen molar-refractivity contribution in [1.82, 2.24) is 10.6 Å². The second kappa shape index (κ2) is 10.8. The summed E-state index contributed by atoms with van der Waals surface area (Å²) in [5, 5.41) is 9.35. The predicted octanol–water partition coefficient (Wildman–Crippen LogP) is 3.63. The van der Waals surface area contributed by atoms with E-state index in [4.69, 9.17) is 11.6 Å². The molecule has 2 aromatic rings. The minimum atomic E-state index is -0.671. The summed E-state index contributed by atoms with van der Waals surface area (Å²) in [4.78, 5) is 24.6. The molecule has 0 saturated heterocycles. The Labute approximate surface area is 164 Å². The van der Waals surface area contributed by atoms with Gasteiger partial charge in [-0.25, -0.2) is 0 Å². The van der Waals surface area contributed by atoms with E-state index in [1.807, 2.05) is 31.2 Å². The van der Waals surface area contributed by atoms with E-state index in [0.717, 1.165) is 17.8 Å². The maximum atomic E-state index is 12.4. The first-order chi connectivity index (χ1) is 12.0. The van der Waals surface area contributed by atoms with Crippen molar-refractivity contribution in [3.63, 3.8) is 0 Å². The maximum Gasteiger partial charge on any atom is 0.251 e. The van der Waals surface area contributed by atoms with E-state index in [1.165, 1.54) is 0 Å². The van der Waals surface area contributed by atoms with Crippen LogP contribution in [0, 0.1) is 0 Å². The molecule has 0 aliphatic heterocycles. The van der Waals surface area contributed by atoms with Gasteiger partial charge >= 0.3 is 0 Å². The zero-order valence-corrected chi connectivity index (χ0v) is 16.3. The van der Waals surface area contributed by atoms with Crippen LogP contribution in [0.4, 0.5) is 5.69 Å². The minimum absolute atomic E-state index is 0. The molecule has 0 aromatic heterocycles. The van der Waals surface area contributed by atoms with Crippen molar-refractivity contribution in [3.8, 4) is 0 Å². The molecule has 2 rings (SSSR count). The highest BCUT2D eigenvalue weighted by Crippen LogP contribution is 2.15. The number of amides is 2. The summed E-state index contributed by atoms with van der Waals surface area (Å²) in [5.41, 5.74) is 2.19. The van der Waals surface area contributed by atoms with Crippen molar-refractivity contribution < 1.29 is 9.59 Å². The van der Waals surface area contributed by atoms with E-state index in [-0.39, 0.29) is 24.2 Å². The summed E-state index contributed by atoms with van der Waals surface area (Å²) in [6.45, 7) is 5.18. The summed E-state index contributed by atoms with van der Waals surface area (Å²) in [7, 11) is 0. The van der Waals surface area contributed by atoms with Crippen molar-refractivity contribution >= 4 is 41.5 Å². The van der Waals surface area contributed by atoms with Gasteiger partial charge < -0.3 is 16.0 Å². The molecule has 0 aliphatic rings. The van der Waals surface area contributed by atoms with Crippen LogP contribution < -0.4 is 16.0 Å². The van der Waals surface area contributed by atoms with Gasteiger partial charge in [0.15, 0.2) is 0 Å². The standard InChI is InChI=1S/C19H22ClN3O2.ClH/c1-3-21-12-15-6-4-5-7-17(15)23-18(24)13(2)22-19(25)14-8-10-16(20)11-9-14;/h4-11,13,21H,3,12H2,1-2H3,(H,22,25)(H,23,24);1H. The van der Waals surface area contributed by atoms with Crippen LogP contribution in [0.1, 0.15) is 29.8 Å². The molecule has 5 nitrogen and oxygen atoms in total. The Morgan fingerprint density at radius 2 is 1.73 bits per heavy atom. The molecular formula is C19H23Cl2N3O2. The van der Waals surface area contributed by atoms with E-state index >= 15 is 0 Å². The first-order valence-corrected chi connectivity index (χ1v) is 8.55. The largest absolute Gasteiger partial charge is 0.341 e. The molecule has 0 aliphatic carbocycles. The van der Waals surface area contributed by atoms with Crippen molar-refractivity contribution in [3.05, 3.63) is 64.7 Å². The first kappa shape index (κ1) is 22.0. The summed E-state index contributed by atoms with van der Waals surface area (Å²) in [6, 6.07) is 13.4. The lowest BCUT2D eigenvalue weighted by Crippen LogP contribution is -2.41. The average molecular weight is 396 g/mol. The van der Waals surface area contributed by atoms with Crippen molar-refractivity contribution in [2.24, 2.45) is 0 Å². The molecule has 26 heavy (non-hydrogen) atoms.